The monoisotopic (exact) mass is 715 g/mol. The predicted octanol–water partition coefficient (Wildman–Crippen LogP) is 6.31. The number of carbonyl (C=O) groups excluding carboxylic acids is 1. The van der Waals surface area contributed by atoms with Crippen molar-refractivity contribution in [2.24, 2.45) is 5.73 Å². The van der Waals surface area contributed by atoms with E-state index in [1.54, 1.807) is 12.1 Å². The molecule has 53 heavy (non-hydrogen) atoms. The molecule has 1 aliphatic rings. The number of aryl methyl sites for hydroxylation is 2. The van der Waals surface area contributed by atoms with Crippen LogP contribution in [0.5, 0.6) is 5.75 Å². The highest BCUT2D eigenvalue weighted by molar-refractivity contribution is 5.92. The highest BCUT2D eigenvalue weighted by Crippen LogP contribution is 2.31. The van der Waals surface area contributed by atoms with Gasteiger partial charge in [-0.1, -0.05) is 59.8 Å². The van der Waals surface area contributed by atoms with Gasteiger partial charge in [0.15, 0.2) is 0 Å². The normalized spacial score (nSPS) is 16.5. The number of aromatic hydroxyl groups is 1. The Morgan fingerprint density at radius 1 is 0.962 bits per heavy atom. The van der Waals surface area contributed by atoms with Gasteiger partial charge in [0.25, 0.3) is 0 Å². The first kappa shape index (κ1) is 35.8. The second-order valence-corrected chi connectivity index (χ2v) is 13.8. The van der Waals surface area contributed by atoms with Crippen molar-refractivity contribution in [1.82, 2.24) is 25.3 Å². The molecule has 0 saturated heterocycles. The van der Waals surface area contributed by atoms with Crippen molar-refractivity contribution in [3.05, 3.63) is 118 Å². The summed E-state index contributed by atoms with van der Waals surface area (Å²) >= 11 is 0. The Kier molecular flexibility index (Phi) is 11.1. The molecular weight excluding hydrogens is 670 g/mol. The van der Waals surface area contributed by atoms with E-state index in [2.05, 4.69) is 44.1 Å². The summed E-state index contributed by atoms with van der Waals surface area (Å²) in [5, 5.41) is 36.8. The summed E-state index contributed by atoms with van der Waals surface area (Å²) in [7, 11) is 0. The van der Waals surface area contributed by atoms with Gasteiger partial charge in [0.1, 0.15) is 17.4 Å². The maximum absolute atomic E-state index is 13.0. The number of aromatic nitrogens is 4. The van der Waals surface area contributed by atoms with Crippen LogP contribution in [0.25, 0.3) is 33.1 Å². The van der Waals surface area contributed by atoms with Crippen LogP contribution in [0.15, 0.2) is 95.8 Å². The van der Waals surface area contributed by atoms with Gasteiger partial charge < -0.3 is 31.0 Å². The number of unbranched alkanes of at least 4 members (excludes halogenated alkanes) is 1. The molecule has 0 aliphatic heterocycles. The van der Waals surface area contributed by atoms with E-state index in [9.17, 15) is 19.8 Å². The Balaban J connectivity index is 0.924. The van der Waals surface area contributed by atoms with Gasteiger partial charge in [-0.05, 0) is 97.5 Å². The lowest BCUT2D eigenvalue weighted by Crippen LogP contribution is -2.32. The zero-order chi connectivity index (χ0) is 36.7. The molecule has 1 saturated carbocycles. The fraction of sp³-hybridized carbons (Fsp3) is 0.317. The molecule has 6 aromatic rings. The van der Waals surface area contributed by atoms with E-state index in [1.807, 2.05) is 53.2 Å². The minimum absolute atomic E-state index is 0.0416. The molecular formula is C41H45N7O5. The standard InChI is InChI=1S/C41H45N7O5/c42-29-11-13-30(14-12-29)53-41(52)44-34-22-26(9-15-31(34)28-7-2-1-3-8-28)6-4-5-21-48-36-18-10-27(23-35(36)46-47-48)24-43-25-38(50)32-16-19-37(49)40-33(32)17-20-39(51)45-40/h1-3,7-10,15-20,22-23,29-30,38,43,49-50H,4-6,11-14,21,24-25,42H2,(H,44,52)(H,45,51). The van der Waals surface area contributed by atoms with Gasteiger partial charge in [0.05, 0.1) is 22.8 Å². The summed E-state index contributed by atoms with van der Waals surface area (Å²) in [5.41, 5.74) is 13.2. The van der Waals surface area contributed by atoms with Crippen molar-refractivity contribution in [2.45, 2.75) is 76.3 Å². The van der Waals surface area contributed by atoms with E-state index >= 15 is 0 Å². The molecule has 12 nitrogen and oxygen atoms in total. The summed E-state index contributed by atoms with van der Waals surface area (Å²) in [6, 6.07) is 28.6. The van der Waals surface area contributed by atoms with Gasteiger partial charge in [-0.3, -0.25) is 10.1 Å². The number of rotatable bonds is 13. The number of phenols is 1. The molecule has 1 unspecified atom stereocenters. The minimum Gasteiger partial charge on any atom is -0.506 e. The van der Waals surface area contributed by atoms with Crippen LogP contribution in [0.3, 0.4) is 0 Å². The van der Waals surface area contributed by atoms with Crippen LogP contribution >= 0.6 is 0 Å². The third-order valence-corrected chi connectivity index (χ3v) is 9.99. The SMILES string of the molecule is NC1CCC(OC(=O)Nc2cc(CCCCn3nnc4cc(CNCC(O)c5ccc(O)c6[nH]c(=O)ccc56)ccc43)ccc2-c2ccccc2)CC1. The number of phenolic OH excluding ortho intramolecular Hbond substituents is 1. The molecule has 7 rings (SSSR count). The number of anilines is 1. The molecule has 4 aromatic carbocycles. The molecule has 7 N–H and O–H groups in total. The first-order valence-corrected chi connectivity index (χ1v) is 18.3. The minimum atomic E-state index is -0.846. The quantitative estimate of drug-likeness (QED) is 0.0747. The Bertz CT molecular complexity index is 2250. The van der Waals surface area contributed by atoms with Gasteiger partial charge in [-0.25, -0.2) is 9.48 Å². The Morgan fingerprint density at radius 3 is 2.60 bits per heavy atom. The number of nitrogens with one attached hydrogen (secondary N) is 3. The van der Waals surface area contributed by atoms with Crippen molar-refractivity contribution in [2.75, 3.05) is 11.9 Å². The number of hydrogen-bond donors (Lipinski definition) is 6. The predicted molar refractivity (Wildman–Crippen MR) is 206 cm³/mol. The number of pyridine rings is 1. The van der Waals surface area contributed by atoms with E-state index in [-0.39, 0.29) is 30.0 Å². The maximum Gasteiger partial charge on any atom is 0.411 e. The molecule has 2 aromatic heterocycles. The zero-order valence-corrected chi connectivity index (χ0v) is 29.5. The molecule has 0 bridgehead atoms. The lowest BCUT2D eigenvalue weighted by atomic mass is 9.94. The number of aliphatic hydroxyl groups excluding tert-OH is 1. The second kappa shape index (κ2) is 16.4. The number of nitrogens with two attached hydrogens (primary N) is 1. The molecule has 0 spiro atoms. The van der Waals surface area contributed by atoms with Crippen LogP contribution in [-0.2, 0) is 24.2 Å². The molecule has 0 radical (unpaired) electrons. The third-order valence-electron chi connectivity index (χ3n) is 9.99. The second-order valence-electron chi connectivity index (χ2n) is 13.8. The molecule has 12 heteroatoms. The number of amides is 1. The highest BCUT2D eigenvalue weighted by Gasteiger charge is 2.22. The smallest absolute Gasteiger partial charge is 0.411 e. The number of nitrogens with zero attached hydrogens (tertiary/aromatic N) is 3. The van der Waals surface area contributed by atoms with Crippen LogP contribution in [0.4, 0.5) is 10.5 Å². The summed E-state index contributed by atoms with van der Waals surface area (Å²) in [5.74, 6) is -0.0416. The number of H-pyrrole nitrogens is 1. The van der Waals surface area contributed by atoms with E-state index in [1.165, 1.54) is 12.1 Å². The van der Waals surface area contributed by atoms with E-state index in [0.29, 0.717) is 23.0 Å². The fourth-order valence-electron chi connectivity index (χ4n) is 7.11. The third kappa shape index (κ3) is 8.74. The van der Waals surface area contributed by atoms with Crippen molar-refractivity contribution in [3.8, 4) is 16.9 Å². The first-order valence-electron chi connectivity index (χ1n) is 18.3. The van der Waals surface area contributed by atoms with Gasteiger partial charge in [-0.2, -0.15) is 0 Å². The topological polar surface area (TPSA) is 180 Å². The molecule has 1 atom stereocenters. The summed E-state index contributed by atoms with van der Waals surface area (Å²) in [6.07, 6.45) is 4.59. The molecule has 1 aliphatic carbocycles. The number of ether oxygens (including phenoxy) is 1. The molecule has 274 valence electrons. The Morgan fingerprint density at radius 2 is 1.77 bits per heavy atom. The van der Waals surface area contributed by atoms with Crippen LogP contribution in [-0.4, -0.2) is 55.0 Å². The van der Waals surface area contributed by atoms with Crippen LogP contribution in [0.1, 0.15) is 61.3 Å². The maximum atomic E-state index is 13.0. The first-order chi connectivity index (χ1) is 25.8. The summed E-state index contributed by atoms with van der Waals surface area (Å²) in [4.78, 5) is 27.3. The van der Waals surface area contributed by atoms with E-state index in [4.69, 9.17) is 10.5 Å². The van der Waals surface area contributed by atoms with Crippen molar-refractivity contribution in [3.63, 3.8) is 0 Å². The van der Waals surface area contributed by atoms with Crippen LogP contribution in [0, 0.1) is 0 Å². The lowest BCUT2D eigenvalue weighted by Gasteiger charge is -2.26. The Labute approximate surface area is 307 Å². The summed E-state index contributed by atoms with van der Waals surface area (Å²) < 4.78 is 7.70. The van der Waals surface area contributed by atoms with Gasteiger partial charge in [-0.15, -0.1) is 5.10 Å². The Hall–Kier alpha value is -5.56. The average molecular weight is 716 g/mol. The van der Waals surface area contributed by atoms with E-state index < -0.39 is 12.2 Å². The van der Waals surface area contributed by atoms with Crippen LogP contribution in [0.2, 0.25) is 0 Å². The number of benzene rings is 4. The number of aromatic amines is 1. The van der Waals surface area contributed by atoms with Crippen molar-refractivity contribution >= 4 is 33.7 Å². The number of carbonyl (C=O) groups is 1. The zero-order valence-electron chi connectivity index (χ0n) is 29.5. The number of aliphatic hydroxyl groups is 1. The molecule has 1 fully saturated rings. The van der Waals surface area contributed by atoms with Crippen LogP contribution < -0.4 is 21.9 Å². The average Bonchev–Trinajstić information content (AvgIpc) is 3.57. The van der Waals surface area contributed by atoms with Gasteiger partial charge in [0.2, 0.25) is 5.56 Å². The number of hydrogen-bond acceptors (Lipinski definition) is 9. The lowest BCUT2D eigenvalue weighted by molar-refractivity contribution is 0.0826. The molecule has 2 heterocycles. The van der Waals surface area contributed by atoms with E-state index in [0.717, 1.165) is 90.5 Å². The molecule has 1 amide bonds. The largest absolute Gasteiger partial charge is 0.506 e. The summed E-state index contributed by atoms with van der Waals surface area (Å²) in [6.45, 7) is 1.51. The van der Waals surface area contributed by atoms with Gasteiger partial charge >= 0.3 is 6.09 Å². The van der Waals surface area contributed by atoms with Crippen molar-refractivity contribution < 1.29 is 19.7 Å². The number of fused-ring (bicyclic) bond motifs is 2. The highest BCUT2D eigenvalue weighted by atomic mass is 16.6. The van der Waals surface area contributed by atoms with Crippen molar-refractivity contribution in [1.29, 1.82) is 0 Å². The van der Waals surface area contributed by atoms with Gasteiger partial charge in [0, 0.05) is 42.7 Å². The fourth-order valence-corrected chi connectivity index (χ4v) is 7.11.